The maximum atomic E-state index is 13.0. The van der Waals surface area contributed by atoms with Gasteiger partial charge >= 0.3 is 12.0 Å². The molecule has 174 valence electrons. The summed E-state index contributed by atoms with van der Waals surface area (Å²) in [6.45, 7) is 4.32. The van der Waals surface area contributed by atoms with Crippen molar-refractivity contribution in [2.45, 2.75) is 31.7 Å². The Labute approximate surface area is 194 Å². The van der Waals surface area contributed by atoms with Gasteiger partial charge in [0.15, 0.2) is 0 Å². The number of rotatable bonds is 7. The van der Waals surface area contributed by atoms with E-state index in [0.29, 0.717) is 29.5 Å². The van der Waals surface area contributed by atoms with Crippen molar-refractivity contribution in [3.8, 4) is 5.75 Å². The largest absolute Gasteiger partial charge is 0.497 e. The molecule has 0 spiro atoms. The van der Waals surface area contributed by atoms with Crippen molar-refractivity contribution in [2.75, 3.05) is 33.4 Å². The Bertz CT molecular complexity index is 1000. The van der Waals surface area contributed by atoms with Gasteiger partial charge in [-0.25, -0.2) is 9.59 Å². The van der Waals surface area contributed by atoms with E-state index >= 15 is 0 Å². The Morgan fingerprint density at radius 2 is 1.85 bits per heavy atom. The van der Waals surface area contributed by atoms with E-state index in [4.69, 9.17) is 9.47 Å². The fraction of sp³-hybridized carbons (Fsp3) is 0.385. The molecule has 2 aromatic rings. The Morgan fingerprint density at radius 1 is 1.09 bits per heavy atom. The number of hydrogen-bond acceptors (Lipinski definition) is 5. The van der Waals surface area contributed by atoms with E-state index in [1.807, 2.05) is 30.3 Å². The smallest absolute Gasteiger partial charge is 0.338 e. The van der Waals surface area contributed by atoms with Crippen molar-refractivity contribution in [1.29, 1.82) is 0 Å². The molecule has 0 aromatic heterocycles. The Balaban J connectivity index is 1.63. The van der Waals surface area contributed by atoms with E-state index in [2.05, 4.69) is 39.8 Å². The number of urea groups is 1. The summed E-state index contributed by atoms with van der Waals surface area (Å²) in [6.07, 6.45) is 2.20. The summed E-state index contributed by atoms with van der Waals surface area (Å²) in [5.74, 6) is 0.722. The van der Waals surface area contributed by atoms with Crippen LogP contribution in [-0.4, -0.2) is 50.3 Å². The number of carbonyl (C=O) groups excluding carboxylic acids is 2. The molecular weight excluding hydrogens is 418 g/mol. The van der Waals surface area contributed by atoms with Crippen LogP contribution in [-0.2, 0) is 9.53 Å². The average Bonchev–Trinajstić information content (AvgIpc) is 2.84. The van der Waals surface area contributed by atoms with Gasteiger partial charge in [-0.3, -0.25) is 4.90 Å². The molecular formula is C26H31N3O4. The van der Waals surface area contributed by atoms with E-state index in [1.54, 1.807) is 14.0 Å². The third-order valence-electron chi connectivity index (χ3n) is 6.26. The van der Waals surface area contributed by atoms with Crippen LogP contribution < -0.4 is 15.4 Å². The molecule has 2 atom stereocenters. The monoisotopic (exact) mass is 449 g/mol. The summed E-state index contributed by atoms with van der Waals surface area (Å²) in [6, 6.07) is 17.0. The van der Waals surface area contributed by atoms with Crippen molar-refractivity contribution < 1.29 is 19.1 Å². The number of methoxy groups -OCH3 is 1. The first kappa shape index (κ1) is 22.9. The molecule has 0 unspecified atom stereocenters. The zero-order valence-electron chi connectivity index (χ0n) is 19.2. The van der Waals surface area contributed by atoms with E-state index in [-0.39, 0.29) is 12.6 Å². The number of amides is 2. The molecule has 2 amide bonds. The highest BCUT2D eigenvalue weighted by molar-refractivity contribution is 5.95. The number of ether oxygens (including phenoxy) is 2. The van der Waals surface area contributed by atoms with Crippen LogP contribution in [0.1, 0.15) is 42.9 Å². The molecule has 4 rings (SSSR count). The topological polar surface area (TPSA) is 79.9 Å². The summed E-state index contributed by atoms with van der Waals surface area (Å²) < 4.78 is 10.6. The molecule has 2 aliphatic heterocycles. The lowest BCUT2D eigenvalue weighted by atomic mass is 9.90. The van der Waals surface area contributed by atoms with Gasteiger partial charge in [0, 0.05) is 18.8 Å². The van der Waals surface area contributed by atoms with Gasteiger partial charge in [0.25, 0.3) is 0 Å². The van der Waals surface area contributed by atoms with Gasteiger partial charge < -0.3 is 20.1 Å². The maximum Gasteiger partial charge on any atom is 0.338 e. The van der Waals surface area contributed by atoms with E-state index in [9.17, 15) is 9.59 Å². The number of benzene rings is 2. The van der Waals surface area contributed by atoms with Gasteiger partial charge in [-0.15, -0.1) is 0 Å². The van der Waals surface area contributed by atoms with Crippen molar-refractivity contribution in [1.82, 2.24) is 15.5 Å². The van der Waals surface area contributed by atoms with Gasteiger partial charge in [-0.05, 0) is 55.5 Å². The number of hydrogen-bond donors (Lipinski definition) is 2. The lowest BCUT2D eigenvalue weighted by molar-refractivity contribution is -0.139. The summed E-state index contributed by atoms with van der Waals surface area (Å²) in [5.41, 5.74) is 3.18. The van der Waals surface area contributed by atoms with Crippen molar-refractivity contribution >= 4 is 12.0 Å². The van der Waals surface area contributed by atoms with Crippen LogP contribution in [0.2, 0.25) is 0 Å². The SMILES string of the molecule is CCOC(=O)C1=C(CN2CCC[C@@H](c3ccccc3)C2)NC(=O)N[C@H]1c1ccc(OC)cc1. The number of carbonyl (C=O) groups is 2. The quantitative estimate of drug-likeness (QED) is 0.630. The molecule has 7 heteroatoms. The highest BCUT2D eigenvalue weighted by Crippen LogP contribution is 2.31. The molecule has 2 aliphatic rings. The summed E-state index contributed by atoms with van der Waals surface area (Å²) in [4.78, 5) is 27.9. The lowest BCUT2D eigenvalue weighted by Crippen LogP contribution is -2.49. The highest BCUT2D eigenvalue weighted by Gasteiger charge is 2.35. The van der Waals surface area contributed by atoms with Gasteiger partial charge in [0.05, 0.1) is 25.3 Å². The molecule has 7 nitrogen and oxygen atoms in total. The second-order valence-electron chi connectivity index (χ2n) is 8.40. The second-order valence-corrected chi connectivity index (χ2v) is 8.40. The normalized spacial score (nSPS) is 21.2. The predicted molar refractivity (Wildman–Crippen MR) is 126 cm³/mol. The second kappa shape index (κ2) is 10.5. The minimum absolute atomic E-state index is 0.263. The molecule has 0 saturated carbocycles. The summed E-state index contributed by atoms with van der Waals surface area (Å²) in [5, 5.41) is 5.79. The van der Waals surface area contributed by atoms with E-state index in [0.717, 1.165) is 31.5 Å². The van der Waals surface area contributed by atoms with E-state index in [1.165, 1.54) is 5.56 Å². The highest BCUT2D eigenvalue weighted by atomic mass is 16.5. The predicted octanol–water partition coefficient (Wildman–Crippen LogP) is 3.75. The van der Waals surface area contributed by atoms with Crippen molar-refractivity contribution in [3.63, 3.8) is 0 Å². The summed E-state index contributed by atoms with van der Waals surface area (Å²) >= 11 is 0. The number of esters is 1. The first-order valence-electron chi connectivity index (χ1n) is 11.5. The third-order valence-corrected chi connectivity index (χ3v) is 6.26. The molecule has 0 bridgehead atoms. The van der Waals surface area contributed by atoms with Gasteiger partial charge in [-0.1, -0.05) is 42.5 Å². The Kier molecular flexibility index (Phi) is 7.29. The molecule has 1 saturated heterocycles. The van der Waals surface area contributed by atoms with Crippen LogP contribution >= 0.6 is 0 Å². The zero-order chi connectivity index (χ0) is 23.2. The van der Waals surface area contributed by atoms with Crippen LogP contribution in [0.5, 0.6) is 5.75 Å². The molecule has 2 heterocycles. The van der Waals surface area contributed by atoms with Gasteiger partial charge in [0.2, 0.25) is 0 Å². The average molecular weight is 450 g/mol. The van der Waals surface area contributed by atoms with Gasteiger partial charge in [0.1, 0.15) is 5.75 Å². The first-order chi connectivity index (χ1) is 16.1. The number of nitrogens with zero attached hydrogens (tertiary/aromatic N) is 1. The van der Waals surface area contributed by atoms with Crippen molar-refractivity contribution in [3.05, 3.63) is 77.0 Å². The summed E-state index contributed by atoms with van der Waals surface area (Å²) in [7, 11) is 1.60. The Hall–Kier alpha value is -3.32. The van der Waals surface area contributed by atoms with Crippen LogP contribution in [0.25, 0.3) is 0 Å². The lowest BCUT2D eigenvalue weighted by Gasteiger charge is -2.36. The molecule has 2 N–H and O–H groups in total. The minimum Gasteiger partial charge on any atom is -0.497 e. The maximum absolute atomic E-state index is 13.0. The molecule has 0 radical (unpaired) electrons. The number of likely N-dealkylation sites (tertiary alicyclic amines) is 1. The van der Waals surface area contributed by atoms with Crippen LogP contribution in [0, 0.1) is 0 Å². The number of piperidine rings is 1. The molecule has 2 aromatic carbocycles. The molecule has 33 heavy (non-hydrogen) atoms. The van der Waals surface area contributed by atoms with Crippen LogP contribution in [0.4, 0.5) is 4.79 Å². The fourth-order valence-electron chi connectivity index (χ4n) is 4.66. The fourth-order valence-corrected chi connectivity index (χ4v) is 4.66. The minimum atomic E-state index is -0.589. The van der Waals surface area contributed by atoms with E-state index < -0.39 is 12.0 Å². The molecule has 0 aliphatic carbocycles. The first-order valence-corrected chi connectivity index (χ1v) is 11.5. The third kappa shape index (κ3) is 5.37. The zero-order valence-corrected chi connectivity index (χ0v) is 19.2. The Morgan fingerprint density at radius 3 is 2.55 bits per heavy atom. The number of nitrogens with one attached hydrogen (secondary N) is 2. The standard InChI is InChI=1S/C26H31N3O4/c1-3-33-25(30)23-22(17-29-15-7-10-20(16-29)18-8-5-4-6-9-18)27-26(31)28-24(23)19-11-13-21(32-2)14-12-19/h4-6,8-9,11-14,20,24H,3,7,10,15-17H2,1-2H3,(H2,27,28,31)/t20-,24+/m1/s1. The van der Waals surface area contributed by atoms with Gasteiger partial charge in [-0.2, -0.15) is 0 Å². The van der Waals surface area contributed by atoms with Crippen molar-refractivity contribution in [2.24, 2.45) is 0 Å². The van der Waals surface area contributed by atoms with Crippen LogP contribution in [0.3, 0.4) is 0 Å². The van der Waals surface area contributed by atoms with Crippen LogP contribution in [0.15, 0.2) is 65.9 Å². The molecule has 1 fully saturated rings.